The second-order valence-electron chi connectivity index (χ2n) is 9.26. The van der Waals surface area contributed by atoms with Crippen LogP contribution >= 0.6 is 0 Å². The summed E-state index contributed by atoms with van der Waals surface area (Å²) in [5, 5.41) is 3.03. The van der Waals surface area contributed by atoms with Gasteiger partial charge in [0.15, 0.2) is 0 Å². The third kappa shape index (κ3) is 5.02. The molecule has 1 aliphatic carbocycles. The highest BCUT2D eigenvalue weighted by atomic mass is 32.2. The zero-order chi connectivity index (χ0) is 24.5. The van der Waals surface area contributed by atoms with Crippen LogP contribution in [0.1, 0.15) is 69.5 Å². The van der Waals surface area contributed by atoms with Gasteiger partial charge in [-0.15, -0.1) is 0 Å². The first kappa shape index (κ1) is 24.0. The van der Waals surface area contributed by atoms with Crippen LogP contribution < -0.4 is 10.0 Å². The van der Waals surface area contributed by atoms with Crippen molar-refractivity contribution in [3.8, 4) is 0 Å². The van der Waals surface area contributed by atoms with E-state index in [0.717, 1.165) is 29.5 Å². The number of hydrogen-bond donors (Lipinski definition) is 2. The van der Waals surface area contributed by atoms with Crippen LogP contribution in [-0.2, 0) is 22.9 Å². The zero-order valence-electron chi connectivity index (χ0n) is 20.2. The molecule has 0 radical (unpaired) electrons. The number of fused-ring (bicyclic) bond motifs is 1. The average molecular weight is 477 g/mol. The van der Waals surface area contributed by atoms with Crippen molar-refractivity contribution in [2.45, 2.75) is 64.3 Å². The van der Waals surface area contributed by atoms with Gasteiger partial charge < -0.3 is 5.32 Å². The molecule has 2 N–H and O–H groups in total. The Bertz CT molecular complexity index is 1350. The first-order chi connectivity index (χ1) is 16.2. The van der Waals surface area contributed by atoms with E-state index < -0.39 is 10.0 Å². The predicted molar refractivity (Wildman–Crippen MR) is 137 cm³/mol. The Labute approximate surface area is 202 Å². The highest BCUT2D eigenvalue weighted by Gasteiger charge is 2.21. The summed E-state index contributed by atoms with van der Waals surface area (Å²) < 4.78 is 29.1. The number of anilines is 1. The Morgan fingerprint density at radius 2 is 1.62 bits per heavy atom. The largest absolute Gasteiger partial charge is 0.346 e. The van der Waals surface area contributed by atoms with Gasteiger partial charge in [0.05, 0.1) is 16.6 Å². The molecule has 0 spiro atoms. The lowest BCUT2D eigenvalue weighted by molar-refractivity contribution is 0.0939. The Balaban J connectivity index is 1.55. The Morgan fingerprint density at radius 1 is 0.882 bits per heavy atom. The van der Waals surface area contributed by atoms with Gasteiger partial charge in [-0.1, -0.05) is 36.4 Å². The van der Waals surface area contributed by atoms with E-state index in [1.807, 2.05) is 32.9 Å². The van der Waals surface area contributed by atoms with Gasteiger partial charge in [-0.05, 0) is 105 Å². The van der Waals surface area contributed by atoms with Gasteiger partial charge in [0, 0.05) is 5.56 Å². The SMILES string of the molecule is Cc1ccc(C(=O)N[C@H](C)c2ccc3c(c2)CCCC3)cc1S(=O)(=O)Nc1cccc(C)c1C. The second-order valence-corrected chi connectivity index (χ2v) is 10.9. The Hall–Kier alpha value is -3.12. The van der Waals surface area contributed by atoms with Gasteiger partial charge >= 0.3 is 0 Å². The van der Waals surface area contributed by atoms with Crippen molar-refractivity contribution in [1.29, 1.82) is 0 Å². The number of aryl methyl sites for hydroxylation is 4. The van der Waals surface area contributed by atoms with Crippen LogP contribution in [0.4, 0.5) is 5.69 Å². The molecule has 0 aromatic heterocycles. The van der Waals surface area contributed by atoms with E-state index in [0.29, 0.717) is 16.8 Å². The minimum absolute atomic E-state index is 0.0995. The summed E-state index contributed by atoms with van der Waals surface area (Å²) >= 11 is 0. The molecule has 0 heterocycles. The summed E-state index contributed by atoms with van der Waals surface area (Å²) in [5.41, 5.74) is 7.14. The van der Waals surface area contributed by atoms with Crippen molar-refractivity contribution in [1.82, 2.24) is 5.32 Å². The molecule has 3 aromatic carbocycles. The monoisotopic (exact) mass is 476 g/mol. The van der Waals surface area contributed by atoms with Gasteiger partial charge in [0.1, 0.15) is 0 Å². The van der Waals surface area contributed by atoms with E-state index in [-0.39, 0.29) is 16.8 Å². The lowest BCUT2D eigenvalue weighted by atomic mass is 9.89. The minimum Gasteiger partial charge on any atom is -0.346 e. The molecular weight excluding hydrogens is 444 g/mol. The van der Waals surface area contributed by atoms with Crippen LogP contribution in [0.3, 0.4) is 0 Å². The summed E-state index contributed by atoms with van der Waals surface area (Å²) in [6.07, 6.45) is 4.63. The van der Waals surface area contributed by atoms with Crippen molar-refractivity contribution in [3.63, 3.8) is 0 Å². The fourth-order valence-electron chi connectivity index (χ4n) is 4.48. The van der Waals surface area contributed by atoms with E-state index in [1.165, 1.54) is 30.0 Å². The van der Waals surface area contributed by atoms with E-state index in [9.17, 15) is 13.2 Å². The molecule has 1 atom stereocenters. The fraction of sp³-hybridized carbons (Fsp3) is 0.321. The highest BCUT2D eigenvalue weighted by Crippen LogP contribution is 2.26. The van der Waals surface area contributed by atoms with Gasteiger partial charge in [-0.3, -0.25) is 9.52 Å². The zero-order valence-corrected chi connectivity index (χ0v) is 21.1. The van der Waals surface area contributed by atoms with Crippen molar-refractivity contribution in [3.05, 3.63) is 93.5 Å². The lowest BCUT2D eigenvalue weighted by Crippen LogP contribution is -2.27. The summed E-state index contributed by atoms with van der Waals surface area (Å²) in [4.78, 5) is 13.1. The molecule has 0 fully saturated rings. The number of amides is 1. The standard InChI is InChI=1S/C28H32N2O3S/c1-18-8-7-11-26(20(18)3)30-34(32,33)27-17-25(13-12-19(27)2)28(31)29-21(4)23-15-14-22-9-5-6-10-24(22)16-23/h7-8,11-17,21,30H,5-6,9-10H2,1-4H3,(H,29,31)/t21-/m1/s1. The van der Waals surface area contributed by atoms with Gasteiger partial charge in [0.2, 0.25) is 0 Å². The fourth-order valence-corrected chi connectivity index (χ4v) is 5.87. The molecule has 3 aromatic rings. The van der Waals surface area contributed by atoms with Crippen molar-refractivity contribution in [2.24, 2.45) is 0 Å². The molecule has 0 aliphatic heterocycles. The normalized spacial score (nSPS) is 14.2. The number of hydrogen-bond acceptors (Lipinski definition) is 3. The molecule has 6 heteroatoms. The third-order valence-electron chi connectivity index (χ3n) is 6.81. The highest BCUT2D eigenvalue weighted by molar-refractivity contribution is 7.92. The van der Waals surface area contributed by atoms with E-state index in [2.05, 4.69) is 28.2 Å². The number of nitrogens with one attached hydrogen (secondary N) is 2. The topological polar surface area (TPSA) is 75.3 Å². The molecule has 0 bridgehead atoms. The maximum atomic E-state index is 13.2. The summed E-state index contributed by atoms with van der Waals surface area (Å²) in [7, 11) is -3.86. The Kier molecular flexibility index (Phi) is 6.80. The smallest absolute Gasteiger partial charge is 0.262 e. The van der Waals surface area contributed by atoms with Crippen LogP contribution in [0.5, 0.6) is 0 Å². The number of benzene rings is 3. The Morgan fingerprint density at radius 3 is 2.38 bits per heavy atom. The van der Waals surface area contributed by atoms with Gasteiger partial charge in [-0.25, -0.2) is 8.42 Å². The van der Waals surface area contributed by atoms with Crippen LogP contribution in [0.2, 0.25) is 0 Å². The molecule has 4 rings (SSSR count). The second kappa shape index (κ2) is 9.63. The molecule has 178 valence electrons. The van der Waals surface area contributed by atoms with Crippen LogP contribution in [0.15, 0.2) is 59.5 Å². The number of carbonyl (C=O) groups excluding carboxylic acids is 1. The molecular formula is C28H32N2O3S. The predicted octanol–water partition coefficient (Wildman–Crippen LogP) is 5.78. The number of sulfonamides is 1. The maximum Gasteiger partial charge on any atom is 0.262 e. The first-order valence-corrected chi connectivity index (χ1v) is 13.3. The molecule has 0 saturated carbocycles. The third-order valence-corrected chi connectivity index (χ3v) is 8.32. The molecule has 0 unspecified atom stereocenters. The van der Waals surface area contributed by atoms with Gasteiger partial charge in [0.25, 0.3) is 15.9 Å². The molecule has 1 aliphatic rings. The van der Waals surface area contributed by atoms with E-state index in [4.69, 9.17) is 0 Å². The first-order valence-electron chi connectivity index (χ1n) is 11.8. The van der Waals surface area contributed by atoms with Crippen molar-refractivity contribution in [2.75, 3.05) is 4.72 Å². The molecule has 0 saturated heterocycles. The van der Waals surface area contributed by atoms with Crippen LogP contribution in [-0.4, -0.2) is 14.3 Å². The van der Waals surface area contributed by atoms with Crippen LogP contribution in [0, 0.1) is 20.8 Å². The van der Waals surface area contributed by atoms with Gasteiger partial charge in [-0.2, -0.15) is 0 Å². The summed E-state index contributed by atoms with van der Waals surface area (Å²) in [6, 6.07) is 16.6. The molecule has 5 nitrogen and oxygen atoms in total. The quantitative estimate of drug-likeness (QED) is 0.473. The summed E-state index contributed by atoms with van der Waals surface area (Å²) in [5.74, 6) is -0.298. The van der Waals surface area contributed by atoms with Crippen molar-refractivity contribution < 1.29 is 13.2 Å². The number of rotatable bonds is 6. The average Bonchev–Trinajstić information content (AvgIpc) is 2.81. The molecule has 34 heavy (non-hydrogen) atoms. The van der Waals surface area contributed by atoms with Crippen LogP contribution in [0.25, 0.3) is 0 Å². The van der Waals surface area contributed by atoms with E-state index in [1.54, 1.807) is 25.1 Å². The summed E-state index contributed by atoms with van der Waals surface area (Å²) in [6.45, 7) is 7.50. The minimum atomic E-state index is -3.86. The lowest BCUT2D eigenvalue weighted by Gasteiger charge is -2.20. The van der Waals surface area contributed by atoms with E-state index >= 15 is 0 Å². The van der Waals surface area contributed by atoms with Crippen molar-refractivity contribution >= 4 is 21.6 Å². The number of carbonyl (C=O) groups is 1. The maximum absolute atomic E-state index is 13.2. The molecule has 1 amide bonds.